The van der Waals surface area contributed by atoms with Crippen molar-refractivity contribution in [1.29, 1.82) is 0 Å². The number of phenols is 1. The molecule has 1 fully saturated rings. The van der Waals surface area contributed by atoms with Gasteiger partial charge in [-0.15, -0.1) is 0 Å². The van der Waals surface area contributed by atoms with Gasteiger partial charge in [-0.25, -0.2) is 4.79 Å². The molecule has 0 bridgehead atoms. The van der Waals surface area contributed by atoms with Gasteiger partial charge in [-0.2, -0.15) is 0 Å². The van der Waals surface area contributed by atoms with Crippen molar-refractivity contribution in [3.05, 3.63) is 84.4 Å². The summed E-state index contributed by atoms with van der Waals surface area (Å²) in [7, 11) is 0. The lowest BCUT2D eigenvalue weighted by molar-refractivity contribution is 0.102. The summed E-state index contributed by atoms with van der Waals surface area (Å²) in [5.74, 6) is 0.0315. The molecule has 3 N–H and O–H groups in total. The van der Waals surface area contributed by atoms with Crippen molar-refractivity contribution in [2.24, 2.45) is 0 Å². The third-order valence-electron chi connectivity index (χ3n) is 5.17. The number of hydrogen-bond acceptors (Lipinski definition) is 4. The third-order valence-corrected chi connectivity index (χ3v) is 5.17. The van der Waals surface area contributed by atoms with Crippen LogP contribution in [-0.2, 0) is 0 Å². The van der Waals surface area contributed by atoms with E-state index in [4.69, 9.17) is 0 Å². The largest absolute Gasteiger partial charge is 0.508 e. The van der Waals surface area contributed by atoms with Crippen LogP contribution < -0.4 is 15.5 Å². The van der Waals surface area contributed by atoms with Crippen molar-refractivity contribution in [2.75, 3.05) is 41.7 Å². The van der Waals surface area contributed by atoms with Gasteiger partial charge in [0.25, 0.3) is 5.91 Å². The molecule has 1 saturated heterocycles. The van der Waals surface area contributed by atoms with Crippen molar-refractivity contribution in [1.82, 2.24) is 4.90 Å². The molecule has 158 valence electrons. The summed E-state index contributed by atoms with van der Waals surface area (Å²) in [6, 6.07) is 23.0. The normalized spacial score (nSPS) is 13.5. The highest BCUT2D eigenvalue weighted by molar-refractivity contribution is 6.04. The second-order valence-corrected chi connectivity index (χ2v) is 7.33. The van der Waals surface area contributed by atoms with Gasteiger partial charge in [-0.05, 0) is 42.5 Å². The highest BCUT2D eigenvalue weighted by Gasteiger charge is 2.21. The Bertz CT molecular complexity index is 1060. The van der Waals surface area contributed by atoms with E-state index in [1.165, 1.54) is 0 Å². The highest BCUT2D eigenvalue weighted by atomic mass is 16.3. The van der Waals surface area contributed by atoms with Crippen LogP contribution in [-0.4, -0.2) is 48.1 Å². The maximum Gasteiger partial charge on any atom is 0.321 e. The Balaban J connectivity index is 1.33. The van der Waals surface area contributed by atoms with Gasteiger partial charge in [0, 0.05) is 54.9 Å². The summed E-state index contributed by atoms with van der Waals surface area (Å²) in [5, 5.41) is 15.4. The van der Waals surface area contributed by atoms with Gasteiger partial charge in [0.2, 0.25) is 0 Å². The molecule has 0 aromatic heterocycles. The van der Waals surface area contributed by atoms with Crippen molar-refractivity contribution < 1.29 is 14.7 Å². The standard InChI is InChI=1S/C24H24N4O3/c29-22-11-5-10-21(17-22)27-12-14-28(15-13-27)24(31)26-20-9-4-8-19(16-20)25-23(30)18-6-2-1-3-7-18/h1-11,16-17,29H,12-15H2,(H,25,30)(H,26,31). The van der Waals surface area contributed by atoms with E-state index in [2.05, 4.69) is 15.5 Å². The number of carbonyl (C=O) groups is 2. The minimum absolute atomic E-state index is 0.179. The summed E-state index contributed by atoms with van der Waals surface area (Å²) in [6.07, 6.45) is 0. The topological polar surface area (TPSA) is 84.9 Å². The number of nitrogens with one attached hydrogen (secondary N) is 2. The Hall–Kier alpha value is -4.00. The lowest BCUT2D eigenvalue weighted by atomic mass is 10.2. The molecule has 0 saturated carbocycles. The number of nitrogens with zero attached hydrogens (tertiary/aromatic N) is 2. The summed E-state index contributed by atoms with van der Waals surface area (Å²) >= 11 is 0. The zero-order valence-electron chi connectivity index (χ0n) is 17.0. The lowest BCUT2D eigenvalue weighted by Crippen LogP contribution is -2.50. The molecule has 0 spiro atoms. The second-order valence-electron chi connectivity index (χ2n) is 7.33. The molecular weight excluding hydrogens is 392 g/mol. The molecule has 0 aliphatic carbocycles. The average molecular weight is 416 g/mol. The number of phenolic OH excluding ortho intramolecular Hbond substituents is 1. The first-order valence-corrected chi connectivity index (χ1v) is 10.1. The van der Waals surface area contributed by atoms with Crippen LogP contribution in [0.3, 0.4) is 0 Å². The highest BCUT2D eigenvalue weighted by Crippen LogP contribution is 2.22. The zero-order chi connectivity index (χ0) is 21.6. The van der Waals surface area contributed by atoms with Gasteiger partial charge in [-0.3, -0.25) is 4.79 Å². The SMILES string of the molecule is O=C(Nc1cccc(NC(=O)N2CCN(c3cccc(O)c3)CC2)c1)c1ccccc1. The summed E-state index contributed by atoms with van der Waals surface area (Å²) in [6.45, 7) is 2.52. The van der Waals surface area contributed by atoms with Crippen molar-refractivity contribution >= 4 is 29.0 Å². The van der Waals surface area contributed by atoms with E-state index < -0.39 is 0 Å². The van der Waals surface area contributed by atoms with Gasteiger partial charge >= 0.3 is 6.03 Å². The van der Waals surface area contributed by atoms with E-state index in [1.807, 2.05) is 30.3 Å². The van der Waals surface area contributed by atoms with E-state index >= 15 is 0 Å². The van der Waals surface area contributed by atoms with E-state index in [0.717, 1.165) is 5.69 Å². The maximum absolute atomic E-state index is 12.7. The summed E-state index contributed by atoms with van der Waals surface area (Å²) in [5.41, 5.74) is 2.75. The van der Waals surface area contributed by atoms with Crippen molar-refractivity contribution in [2.45, 2.75) is 0 Å². The molecule has 1 aliphatic heterocycles. The molecule has 0 unspecified atom stereocenters. The Morgan fingerprint density at radius 3 is 2.13 bits per heavy atom. The Labute approximate surface area is 180 Å². The van der Waals surface area contributed by atoms with E-state index in [9.17, 15) is 14.7 Å². The van der Waals surface area contributed by atoms with Crippen molar-refractivity contribution in [3.63, 3.8) is 0 Å². The predicted octanol–water partition coefficient (Wildman–Crippen LogP) is 4.00. The Morgan fingerprint density at radius 1 is 0.742 bits per heavy atom. The van der Waals surface area contributed by atoms with Gasteiger partial charge in [0.1, 0.15) is 5.75 Å². The molecule has 4 rings (SSSR count). The van der Waals surface area contributed by atoms with Crippen LogP contribution in [0.2, 0.25) is 0 Å². The van der Waals surface area contributed by atoms with Gasteiger partial charge in [-0.1, -0.05) is 30.3 Å². The van der Waals surface area contributed by atoms with Crippen LogP contribution in [0.5, 0.6) is 5.75 Å². The molecule has 0 atom stereocenters. The van der Waals surface area contributed by atoms with Gasteiger partial charge in [0.05, 0.1) is 0 Å². The molecule has 31 heavy (non-hydrogen) atoms. The zero-order valence-corrected chi connectivity index (χ0v) is 17.0. The number of anilines is 3. The van der Waals surface area contributed by atoms with Crippen LogP contribution >= 0.6 is 0 Å². The third kappa shape index (κ3) is 5.14. The van der Waals surface area contributed by atoms with Crippen LogP contribution in [0.4, 0.5) is 21.9 Å². The smallest absolute Gasteiger partial charge is 0.321 e. The van der Waals surface area contributed by atoms with Crippen molar-refractivity contribution in [3.8, 4) is 5.75 Å². The molecule has 7 nitrogen and oxygen atoms in total. The molecule has 0 radical (unpaired) electrons. The predicted molar refractivity (Wildman–Crippen MR) is 122 cm³/mol. The second kappa shape index (κ2) is 9.21. The quantitative estimate of drug-likeness (QED) is 0.600. The van der Waals surface area contributed by atoms with Crippen LogP contribution in [0.25, 0.3) is 0 Å². The van der Waals surface area contributed by atoms with E-state index in [1.54, 1.807) is 53.4 Å². The van der Waals surface area contributed by atoms with Crippen LogP contribution in [0.1, 0.15) is 10.4 Å². The number of rotatable bonds is 4. The molecule has 7 heteroatoms. The maximum atomic E-state index is 12.7. The number of urea groups is 1. The average Bonchev–Trinajstić information content (AvgIpc) is 2.80. The molecular formula is C24H24N4O3. The van der Waals surface area contributed by atoms with E-state index in [0.29, 0.717) is 43.1 Å². The minimum Gasteiger partial charge on any atom is -0.508 e. The first-order chi connectivity index (χ1) is 15.1. The van der Waals surface area contributed by atoms with Crippen LogP contribution in [0.15, 0.2) is 78.9 Å². The molecule has 3 aromatic rings. The molecule has 1 heterocycles. The number of hydrogen-bond donors (Lipinski definition) is 3. The number of aromatic hydroxyl groups is 1. The Morgan fingerprint density at radius 2 is 1.42 bits per heavy atom. The molecule has 1 aliphatic rings. The number of benzene rings is 3. The molecule has 3 amide bonds. The number of carbonyl (C=O) groups excluding carboxylic acids is 2. The molecule has 3 aromatic carbocycles. The summed E-state index contributed by atoms with van der Waals surface area (Å²) in [4.78, 5) is 28.9. The first kappa shape index (κ1) is 20.3. The van der Waals surface area contributed by atoms with Gasteiger partial charge < -0.3 is 25.5 Å². The fourth-order valence-corrected chi connectivity index (χ4v) is 3.53. The fraction of sp³-hybridized carbons (Fsp3) is 0.167. The first-order valence-electron chi connectivity index (χ1n) is 10.1. The lowest BCUT2D eigenvalue weighted by Gasteiger charge is -2.36. The number of amides is 3. The summed E-state index contributed by atoms with van der Waals surface area (Å²) < 4.78 is 0. The van der Waals surface area contributed by atoms with Crippen LogP contribution in [0, 0.1) is 0 Å². The number of piperazine rings is 1. The van der Waals surface area contributed by atoms with E-state index in [-0.39, 0.29) is 17.7 Å². The fourth-order valence-electron chi connectivity index (χ4n) is 3.53. The minimum atomic E-state index is -0.202. The monoisotopic (exact) mass is 416 g/mol. The van der Waals surface area contributed by atoms with Gasteiger partial charge in [0.15, 0.2) is 0 Å². The Kier molecular flexibility index (Phi) is 6.03.